The molecule has 1 heterocycles. The van der Waals surface area contributed by atoms with Gasteiger partial charge in [0.1, 0.15) is 12.6 Å². The summed E-state index contributed by atoms with van der Waals surface area (Å²) in [5.74, 6) is -1.86. The zero-order valence-electron chi connectivity index (χ0n) is 17.6. The van der Waals surface area contributed by atoms with Crippen LogP contribution < -0.4 is 5.32 Å². The molecule has 0 aromatic heterocycles. The molecule has 2 aromatic rings. The van der Waals surface area contributed by atoms with Gasteiger partial charge in [0.15, 0.2) is 0 Å². The van der Waals surface area contributed by atoms with E-state index >= 15 is 0 Å². The SMILES string of the molecule is O=C(O)CC(NC(=O)OCC1c2ccccc2-c2ccccc21)C(=O)N1CCC[C@@H]1CO. The zero-order valence-corrected chi connectivity index (χ0v) is 17.6. The predicted molar refractivity (Wildman–Crippen MR) is 116 cm³/mol. The van der Waals surface area contributed by atoms with Crippen LogP contribution in [0.2, 0.25) is 0 Å². The third-order valence-corrected chi connectivity index (χ3v) is 6.18. The summed E-state index contributed by atoms with van der Waals surface area (Å²) in [4.78, 5) is 38.1. The first-order valence-corrected chi connectivity index (χ1v) is 10.7. The summed E-state index contributed by atoms with van der Waals surface area (Å²) in [6, 6.07) is 14.3. The fraction of sp³-hybridized carbons (Fsp3) is 0.375. The number of carbonyl (C=O) groups excluding carboxylic acids is 2. The monoisotopic (exact) mass is 438 g/mol. The molecule has 0 saturated carbocycles. The van der Waals surface area contributed by atoms with Crippen molar-refractivity contribution in [2.45, 2.75) is 37.3 Å². The summed E-state index contributed by atoms with van der Waals surface area (Å²) in [6.45, 7) is 0.292. The Morgan fingerprint density at radius 3 is 2.28 bits per heavy atom. The average Bonchev–Trinajstić information content (AvgIpc) is 3.39. The second kappa shape index (κ2) is 9.40. The first-order valence-electron chi connectivity index (χ1n) is 10.7. The van der Waals surface area contributed by atoms with Crippen LogP contribution in [0.4, 0.5) is 4.79 Å². The number of fused-ring (bicyclic) bond motifs is 3. The number of nitrogens with one attached hydrogen (secondary N) is 1. The summed E-state index contributed by atoms with van der Waals surface area (Å²) in [5.41, 5.74) is 4.31. The van der Waals surface area contributed by atoms with Crippen LogP contribution in [0.5, 0.6) is 0 Å². The molecule has 0 bridgehead atoms. The Hall–Kier alpha value is -3.39. The summed E-state index contributed by atoms with van der Waals surface area (Å²) in [6.07, 6.45) is -0.0296. The highest BCUT2D eigenvalue weighted by molar-refractivity contribution is 5.89. The van der Waals surface area contributed by atoms with E-state index in [1.165, 1.54) is 4.90 Å². The molecule has 32 heavy (non-hydrogen) atoms. The van der Waals surface area contributed by atoms with E-state index in [9.17, 15) is 24.6 Å². The third kappa shape index (κ3) is 4.31. The van der Waals surface area contributed by atoms with E-state index in [0.29, 0.717) is 13.0 Å². The van der Waals surface area contributed by atoms with Crippen LogP contribution in [0, 0.1) is 0 Å². The van der Waals surface area contributed by atoms with Gasteiger partial charge < -0.3 is 25.2 Å². The summed E-state index contributed by atoms with van der Waals surface area (Å²) < 4.78 is 5.45. The lowest BCUT2D eigenvalue weighted by atomic mass is 9.98. The summed E-state index contributed by atoms with van der Waals surface area (Å²) in [7, 11) is 0. The number of carboxylic acid groups (broad SMARTS) is 1. The number of aliphatic hydroxyl groups is 1. The highest BCUT2D eigenvalue weighted by atomic mass is 16.5. The Kier molecular flexibility index (Phi) is 6.41. The molecule has 1 saturated heterocycles. The van der Waals surface area contributed by atoms with Crippen LogP contribution in [0.25, 0.3) is 11.1 Å². The number of carbonyl (C=O) groups is 3. The van der Waals surface area contributed by atoms with Gasteiger partial charge >= 0.3 is 12.1 Å². The molecule has 2 aromatic carbocycles. The van der Waals surface area contributed by atoms with Gasteiger partial charge in [0, 0.05) is 12.5 Å². The smallest absolute Gasteiger partial charge is 0.407 e. The van der Waals surface area contributed by atoms with Crippen LogP contribution in [0.15, 0.2) is 48.5 Å². The second-order valence-electron chi connectivity index (χ2n) is 8.13. The van der Waals surface area contributed by atoms with Crippen molar-refractivity contribution < 1.29 is 29.3 Å². The van der Waals surface area contributed by atoms with Gasteiger partial charge in [-0.05, 0) is 35.1 Å². The van der Waals surface area contributed by atoms with Gasteiger partial charge in [-0.2, -0.15) is 0 Å². The number of aliphatic hydroxyl groups excluding tert-OH is 1. The fourth-order valence-electron chi connectivity index (χ4n) is 4.67. The molecule has 2 aliphatic rings. The van der Waals surface area contributed by atoms with Crippen molar-refractivity contribution in [2.75, 3.05) is 19.8 Å². The number of ether oxygens (including phenoxy) is 1. The third-order valence-electron chi connectivity index (χ3n) is 6.18. The van der Waals surface area contributed by atoms with Crippen molar-refractivity contribution in [1.82, 2.24) is 10.2 Å². The van der Waals surface area contributed by atoms with Crippen molar-refractivity contribution in [1.29, 1.82) is 0 Å². The molecule has 0 radical (unpaired) electrons. The van der Waals surface area contributed by atoms with Gasteiger partial charge in [-0.25, -0.2) is 4.79 Å². The lowest BCUT2D eigenvalue weighted by molar-refractivity contribution is -0.143. The molecule has 0 spiro atoms. The second-order valence-corrected chi connectivity index (χ2v) is 8.13. The van der Waals surface area contributed by atoms with Crippen LogP contribution >= 0.6 is 0 Å². The van der Waals surface area contributed by atoms with Crippen LogP contribution in [-0.2, 0) is 14.3 Å². The van der Waals surface area contributed by atoms with Gasteiger partial charge in [0.25, 0.3) is 0 Å². The highest BCUT2D eigenvalue weighted by Gasteiger charge is 2.35. The Labute approximate surface area is 185 Å². The number of hydrogen-bond donors (Lipinski definition) is 3. The Morgan fingerprint density at radius 2 is 1.69 bits per heavy atom. The molecule has 1 fully saturated rings. The molecule has 1 unspecified atom stereocenters. The molecule has 168 valence electrons. The van der Waals surface area contributed by atoms with Crippen molar-refractivity contribution in [3.8, 4) is 11.1 Å². The van der Waals surface area contributed by atoms with Gasteiger partial charge in [-0.1, -0.05) is 48.5 Å². The molecule has 8 nitrogen and oxygen atoms in total. The van der Waals surface area contributed by atoms with Gasteiger partial charge in [0.05, 0.1) is 19.1 Å². The first-order chi connectivity index (χ1) is 15.5. The van der Waals surface area contributed by atoms with E-state index < -0.39 is 30.4 Å². The molecular formula is C24H26N2O6. The fourth-order valence-corrected chi connectivity index (χ4v) is 4.67. The molecule has 2 atom stereocenters. The Balaban J connectivity index is 1.44. The first kappa shape index (κ1) is 21.8. The zero-order chi connectivity index (χ0) is 22.7. The minimum Gasteiger partial charge on any atom is -0.481 e. The Bertz CT molecular complexity index is 978. The van der Waals surface area contributed by atoms with Crippen molar-refractivity contribution in [3.63, 3.8) is 0 Å². The van der Waals surface area contributed by atoms with E-state index in [1.54, 1.807) is 0 Å². The molecule has 8 heteroatoms. The minimum atomic E-state index is -1.25. The largest absolute Gasteiger partial charge is 0.481 e. The normalized spacial score (nSPS) is 18.0. The molecule has 1 aliphatic heterocycles. The molecular weight excluding hydrogens is 412 g/mol. The topological polar surface area (TPSA) is 116 Å². The lowest BCUT2D eigenvalue weighted by Crippen LogP contribution is -2.51. The van der Waals surface area contributed by atoms with E-state index in [-0.39, 0.29) is 25.2 Å². The van der Waals surface area contributed by atoms with Crippen LogP contribution in [-0.4, -0.2) is 64.9 Å². The quantitative estimate of drug-likeness (QED) is 0.611. The number of amides is 2. The standard InChI is InChI=1S/C24H26N2O6/c27-13-15-6-5-11-26(15)23(30)21(12-22(28)29)25-24(31)32-14-20-18-9-3-1-7-16(18)17-8-2-4-10-19(17)20/h1-4,7-10,15,20-21,27H,5-6,11-14H2,(H,25,31)(H,28,29)/t15-,21?/m1/s1. The number of hydrogen-bond acceptors (Lipinski definition) is 5. The summed E-state index contributed by atoms with van der Waals surface area (Å²) in [5, 5.41) is 21.1. The van der Waals surface area contributed by atoms with E-state index in [0.717, 1.165) is 28.7 Å². The number of alkyl carbamates (subject to hydrolysis) is 1. The Morgan fingerprint density at radius 1 is 1.06 bits per heavy atom. The number of nitrogens with zero attached hydrogens (tertiary/aromatic N) is 1. The van der Waals surface area contributed by atoms with Gasteiger partial charge in [-0.15, -0.1) is 0 Å². The highest BCUT2D eigenvalue weighted by Crippen LogP contribution is 2.44. The lowest BCUT2D eigenvalue weighted by Gasteiger charge is -2.27. The predicted octanol–water partition coefficient (Wildman–Crippen LogP) is 2.35. The number of carboxylic acids is 1. The number of rotatable bonds is 7. The van der Waals surface area contributed by atoms with Crippen molar-refractivity contribution in [2.24, 2.45) is 0 Å². The van der Waals surface area contributed by atoms with Crippen molar-refractivity contribution >= 4 is 18.0 Å². The average molecular weight is 438 g/mol. The van der Waals surface area contributed by atoms with E-state index in [4.69, 9.17) is 4.74 Å². The van der Waals surface area contributed by atoms with Crippen molar-refractivity contribution in [3.05, 3.63) is 59.7 Å². The molecule has 1 aliphatic carbocycles. The molecule has 4 rings (SSSR count). The van der Waals surface area contributed by atoms with Crippen LogP contribution in [0.3, 0.4) is 0 Å². The molecule has 2 amide bonds. The minimum absolute atomic E-state index is 0.0663. The maximum absolute atomic E-state index is 12.9. The van der Waals surface area contributed by atoms with Gasteiger partial charge in [0.2, 0.25) is 5.91 Å². The van der Waals surface area contributed by atoms with Gasteiger partial charge in [-0.3, -0.25) is 9.59 Å². The number of benzene rings is 2. The maximum Gasteiger partial charge on any atom is 0.407 e. The van der Waals surface area contributed by atoms with E-state index in [2.05, 4.69) is 5.32 Å². The van der Waals surface area contributed by atoms with Crippen LogP contribution in [0.1, 0.15) is 36.3 Å². The molecule has 3 N–H and O–H groups in total. The summed E-state index contributed by atoms with van der Waals surface area (Å²) >= 11 is 0. The van der Waals surface area contributed by atoms with E-state index in [1.807, 2.05) is 48.5 Å². The maximum atomic E-state index is 12.9. The number of likely N-dealkylation sites (tertiary alicyclic amines) is 1. The number of aliphatic carboxylic acids is 1.